The molecule has 2 aromatic rings. The Balaban J connectivity index is 2.38. The fraction of sp³-hybridized carbons (Fsp3) is 0.400. The highest BCUT2D eigenvalue weighted by Gasteiger charge is 2.19. The van der Waals surface area contributed by atoms with E-state index in [0.29, 0.717) is 11.7 Å². The van der Waals surface area contributed by atoms with Crippen LogP contribution in [0.1, 0.15) is 36.2 Å². The molecule has 0 aliphatic carbocycles. The first-order valence-corrected chi connectivity index (χ1v) is 6.98. The summed E-state index contributed by atoms with van der Waals surface area (Å²) in [4.78, 5) is 4.23. The predicted molar refractivity (Wildman–Crippen MR) is 82.1 cm³/mol. The van der Waals surface area contributed by atoms with Crippen LogP contribution in [0.25, 0.3) is 0 Å². The Morgan fingerprint density at radius 1 is 1.33 bits per heavy atom. The zero-order chi connectivity index (χ0) is 15.2. The van der Waals surface area contributed by atoms with Gasteiger partial charge in [-0.1, -0.05) is 6.92 Å². The van der Waals surface area contributed by atoms with Crippen LogP contribution in [-0.4, -0.2) is 28.8 Å². The molecule has 0 radical (unpaired) electrons. The minimum absolute atomic E-state index is 0.129. The molecule has 1 unspecified atom stereocenters. The second-order valence-electron chi connectivity index (χ2n) is 4.87. The molecular weight excluding hydrogens is 266 g/mol. The lowest BCUT2D eigenvalue weighted by Crippen LogP contribution is -2.25. The van der Waals surface area contributed by atoms with Crippen molar-refractivity contribution in [1.29, 1.82) is 0 Å². The summed E-state index contributed by atoms with van der Waals surface area (Å²) in [5, 5.41) is 11.7. The van der Waals surface area contributed by atoms with Crippen molar-refractivity contribution in [2.24, 2.45) is 0 Å². The van der Waals surface area contributed by atoms with Gasteiger partial charge in [0.15, 0.2) is 0 Å². The highest BCUT2D eigenvalue weighted by molar-refractivity contribution is 5.46. The largest absolute Gasteiger partial charge is 0.480 e. The number of aromatic nitrogens is 3. The van der Waals surface area contributed by atoms with Gasteiger partial charge in [-0.05, 0) is 37.6 Å². The average Bonchev–Trinajstić information content (AvgIpc) is 2.51. The number of hydrogen-bond donors (Lipinski definition) is 2. The molecule has 0 aliphatic rings. The molecule has 0 bridgehead atoms. The molecule has 0 aliphatic heterocycles. The Bertz CT molecular complexity index is 585. The first-order chi connectivity index (χ1) is 10.2. The Morgan fingerprint density at radius 2 is 2.14 bits per heavy atom. The van der Waals surface area contributed by atoms with Crippen molar-refractivity contribution < 1.29 is 4.74 Å². The number of aryl methyl sites for hydroxylation is 1. The lowest BCUT2D eigenvalue weighted by Gasteiger charge is -2.19. The Morgan fingerprint density at radius 3 is 2.76 bits per heavy atom. The summed E-state index contributed by atoms with van der Waals surface area (Å²) >= 11 is 0. The van der Waals surface area contributed by atoms with Crippen LogP contribution in [0.2, 0.25) is 0 Å². The highest BCUT2D eigenvalue weighted by atomic mass is 16.5. The van der Waals surface area contributed by atoms with Crippen molar-refractivity contribution in [2.75, 3.05) is 19.4 Å². The zero-order valence-corrected chi connectivity index (χ0v) is 12.6. The van der Waals surface area contributed by atoms with E-state index in [1.807, 2.05) is 19.1 Å². The third-order valence-corrected chi connectivity index (χ3v) is 3.16. The maximum absolute atomic E-state index is 6.03. The van der Waals surface area contributed by atoms with E-state index in [9.17, 15) is 0 Å². The molecule has 2 aromatic heterocycles. The highest BCUT2D eigenvalue weighted by Crippen LogP contribution is 2.25. The van der Waals surface area contributed by atoms with Crippen LogP contribution >= 0.6 is 0 Å². The van der Waals surface area contributed by atoms with E-state index < -0.39 is 0 Å². The van der Waals surface area contributed by atoms with E-state index in [1.165, 1.54) is 0 Å². The predicted octanol–water partition coefficient (Wildman–Crippen LogP) is 1.86. The SMILES string of the molecule is CCCNC(c1ccc(OC)nn1)c1cc(C)cnc1N. The number of ether oxygens (including phenoxy) is 1. The molecule has 2 heterocycles. The number of anilines is 1. The van der Waals surface area contributed by atoms with Crippen molar-refractivity contribution >= 4 is 5.82 Å². The summed E-state index contributed by atoms with van der Waals surface area (Å²) in [6.07, 6.45) is 2.77. The number of hydrogen-bond acceptors (Lipinski definition) is 6. The lowest BCUT2D eigenvalue weighted by molar-refractivity contribution is 0.390. The van der Waals surface area contributed by atoms with Crippen LogP contribution in [0.15, 0.2) is 24.4 Å². The van der Waals surface area contributed by atoms with Gasteiger partial charge in [-0.25, -0.2) is 4.98 Å². The first-order valence-electron chi connectivity index (χ1n) is 6.98. The molecule has 0 aromatic carbocycles. The Labute approximate surface area is 124 Å². The third kappa shape index (κ3) is 3.66. The molecule has 112 valence electrons. The maximum Gasteiger partial charge on any atom is 0.233 e. The second-order valence-corrected chi connectivity index (χ2v) is 4.87. The number of pyridine rings is 1. The quantitative estimate of drug-likeness (QED) is 0.843. The van der Waals surface area contributed by atoms with Crippen LogP contribution in [0.3, 0.4) is 0 Å². The summed E-state index contributed by atoms with van der Waals surface area (Å²) in [6, 6.07) is 5.58. The van der Waals surface area contributed by atoms with Crippen LogP contribution in [0, 0.1) is 6.92 Å². The van der Waals surface area contributed by atoms with Crippen molar-refractivity contribution in [3.05, 3.63) is 41.2 Å². The molecule has 3 N–H and O–H groups in total. The van der Waals surface area contributed by atoms with Gasteiger partial charge in [0, 0.05) is 17.8 Å². The van der Waals surface area contributed by atoms with E-state index in [4.69, 9.17) is 10.5 Å². The van der Waals surface area contributed by atoms with Gasteiger partial charge in [0.2, 0.25) is 5.88 Å². The van der Waals surface area contributed by atoms with Crippen molar-refractivity contribution in [1.82, 2.24) is 20.5 Å². The number of nitrogens with one attached hydrogen (secondary N) is 1. The van der Waals surface area contributed by atoms with E-state index in [1.54, 1.807) is 19.4 Å². The van der Waals surface area contributed by atoms with Crippen LogP contribution in [0.4, 0.5) is 5.82 Å². The third-order valence-electron chi connectivity index (χ3n) is 3.16. The summed E-state index contributed by atoms with van der Waals surface area (Å²) in [7, 11) is 1.57. The molecule has 2 rings (SSSR count). The molecule has 21 heavy (non-hydrogen) atoms. The number of nitrogen functional groups attached to an aromatic ring is 1. The number of methoxy groups -OCH3 is 1. The lowest BCUT2D eigenvalue weighted by atomic mass is 10.0. The molecule has 6 heteroatoms. The molecule has 0 spiro atoms. The maximum atomic E-state index is 6.03. The average molecular weight is 287 g/mol. The fourth-order valence-corrected chi connectivity index (χ4v) is 2.09. The van der Waals surface area contributed by atoms with Gasteiger partial charge in [0.25, 0.3) is 0 Å². The van der Waals surface area contributed by atoms with Crippen LogP contribution in [0.5, 0.6) is 5.88 Å². The van der Waals surface area contributed by atoms with Gasteiger partial charge in [0.05, 0.1) is 18.8 Å². The number of rotatable bonds is 6. The first kappa shape index (κ1) is 15.2. The summed E-state index contributed by atoms with van der Waals surface area (Å²) in [5.41, 5.74) is 8.80. The topological polar surface area (TPSA) is 86.0 Å². The molecular formula is C15H21N5O. The van der Waals surface area contributed by atoms with Crippen molar-refractivity contribution in [2.45, 2.75) is 26.3 Å². The smallest absolute Gasteiger partial charge is 0.233 e. The monoisotopic (exact) mass is 287 g/mol. The molecule has 0 fully saturated rings. The minimum atomic E-state index is -0.129. The molecule has 0 saturated carbocycles. The van der Waals surface area contributed by atoms with Crippen LogP contribution in [-0.2, 0) is 0 Å². The van der Waals surface area contributed by atoms with Crippen molar-refractivity contribution in [3.63, 3.8) is 0 Å². The van der Waals surface area contributed by atoms with E-state index in [-0.39, 0.29) is 6.04 Å². The van der Waals surface area contributed by atoms with E-state index in [2.05, 4.69) is 27.4 Å². The zero-order valence-electron chi connectivity index (χ0n) is 12.6. The summed E-state index contributed by atoms with van der Waals surface area (Å²) < 4.78 is 5.05. The Hall–Kier alpha value is -2.21. The summed E-state index contributed by atoms with van der Waals surface area (Å²) in [5.74, 6) is 0.996. The van der Waals surface area contributed by atoms with Crippen molar-refractivity contribution in [3.8, 4) is 5.88 Å². The van der Waals surface area contributed by atoms with Gasteiger partial charge in [0.1, 0.15) is 5.82 Å². The molecule has 0 saturated heterocycles. The van der Waals surface area contributed by atoms with Gasteiger partial charge >= 0.3 is 0 Å². The van der Waals surface area contributed by atoms with E-state index in [0.717, 1.165) is 29.8 Å². The Kier molecular flexibility index (Phi) is 5.05. The van der Waals surface area contributed by atoms with Crippen LogP contribution < -0.4 is 15.8 Å². The van der Waals surface area contributed by atoms with Gasteiger partial charge in [-0.3, -0.25) is 0 Å². The normalized spacial score (nSPS) is 12.1. The fourth-order valence-electron chi connectivity index (χ4n) is 2.09. The number of nitrogens with two attached hydrogens (primary N) is 1. The van der Waals surface area contributed by atoms with Gasteiger partial charge in [-0.15, -0.1) is 10.2 Å². The van der Waals surface area contributed by atoms with Gasteiger partial charge in [-0.2, -0.15) is 0 Å². The minimum Gasteiger partial charge on any atom is -0.480 e. The van der Waals surface area contributed by atoms with E-state index >= 15 is 0 Å². The number of nitrogens with zero attached hydrogens (tertiary/aromatic N) is 3. The molecule has 1 atom stereocenters. The molecule has 0 amide bonds. The van der Waals surface area contributed by atoms with Gasteiger partial charge < -0.3 is 15.8 Å². The second kappa shape index (κ2) is 6.99. The summed E-state index contributed by atoms with van der Waals surface area (Å²) in [6.45, 7) is 4.96. The molecule has 6 nitrogen and oxygen atoms in total. The standard InChI is InChI=1S/C15H21N5O/c1-4-7-17-14(11-8-10(2)9-18-15(11)16)12-5-6-13(21-3)20-19-12/h5-6,8-9,14,17H,4,7H2,1-3H3,(H2,16,18).